The fourth-order valence-electron chi connectivity index (χ4n) is 1.87. The Labute approximate surface area is 118 Å². The number of anilines is 1. The van der Waals surface area contributed by atoms with E-state index in [1.54, 1.807) is 0 Å². The fraction of sp³-hybridized carbons (Fsp3) is 0.385. The van der Waals surface area contributed by atoms with Crippen LogP contribution in [0.25, 0.3) is 0 Å². The van der Waals surface area contributed by atoms with Crippen LogP contribution in [0.15, 0.2) is 16.6 Å². The minimum Gasteiger partial charge on any atom is -0.465 e. The number of ether oxygens (including phenoxy) is 1. The highest BCUT2D eigenvalue weighted by molar-refractivity contribution is 9.10. The Bertz CT molecular complexity index is 529. The molecule has 0 saturated heterocycles. The number of carbonyl (C=O) groups is 2. The molecule has 1 saturated carbocycles. The van der Waals surface area contributed by atoms with E-state index in [1.165, 1.54) is 13.2 Å². The highest BCUT2D eigenvalue weighted by Gasteiger charge is 2.27. The molecular weight excluding hydrogens is 317 g/mol. The number of halogens is 2. The van der Waals surface area contributed by atoms with Crippen LogP contribution in [0.2, 0.25) is 0 Å². The lowest BCUT2D eigenvalue weighted by Gasteiger charge is -2.24. The number of rotatable bonds is 3. The van der Waals surface area contributed by atoms with Crippen LogP contribution in [0, 0.1) is 11.7 Å². The Kier molecular flexibility index (Phi) is 4.19. The first-order valence-corrected chi connectivity index (χ1v) is 6.70. The largest absolute Gasteiger partial charge is 0.465 e. The Morgan fingerprint density at radius 2 is 2.11 bits per heavy atom. The number of hydrogen-bond acceptors (Lipinski definition) is 3. The predicted molar refractivity (Wildman–Crippen MR) is 71.4 cm³/mol. The van der Waals surface area contributed by atoms with Crippen molar-refractivity contribution in [1.29, 1.82) is 0 Å². The molecule has 2 rings (SSSR count). The second-order valence-electron chi connectivity index (χ2n) is 4.42. The Morgan fingerprint density at radius 1 is 1.42 bits per heavy atom. The van der Waals surface area contributed by atoms with Gasteiger partial charge in [-0.25, -0.2) is 9.18 Å². The molecule has 6 heteroatoms. The number of benzene rings is 1. The molecule has 1 amide bonds. The molecule has 1 aromatic carbocycles. The number of nitrogens with one attached hydrogen (secondary N) is 1. The minimum atomic E-state index is -0.691. The summed E-state index contributed by atoms with van der Waals surface area (Å²) >= 11 is 3.15. The second kappa shape index (κ2) is 5.69. The van der Waals surface area contributed by atoms with E-state index in [1.807, 2.05) is 0 Å². The van der Waals surface area contributed by atoms with Gasteiger partial charge < -0.3 is 10.1 Å². The molecule has 0 spiro atoms. The van der Waals surface area contributed by atoms with Gasteiger partial charge in [0.15, 0.2) is 0 Å². The average Bonchev–Trinajstić information content (AvgIpc) is 2.29. The Balaban J connectivity index is 2.31. The van der Waals surface area contributed by atoms with Crippen molar-refractivity contribution in [3.8, 4) is 0 Å². The molecule has 19 heavy (non-hydrogen) atoms. The summed E-state index contributed by atoms with van der Waals surface area (Å²) in [5, 5.41) is 2.67. The summed E-state index contributed by atoms with van der Waals surface area (Å²) in [4.78, 5) is 23.5. The third-order valence-electron chi connectivity index (χ3n) is 3.18. The minimum absolute atomic E-state index is 0.00190. The molecule has 0 aliphatic heterocycles. The molecule has 0 radical (unpaired) electrons. The van der Waals surface area contributed by atoms with Crippen LogP contribution in [-0.4, -0.2) is 19.0 Å². The van der Waals surface area contributed by atoms with Crippen LogP contribution in [0.3, 0.4) is 0 Å². The van der Waals surface area contributed by atoms with Gasteiger partial charge in [0, 0.05) is 10.4 Å². The van der Waals surface area contributed by atoms with E-state index in [4.69, 9.17) is 0 Å². The molecule has 0 heterocycles. The molecule has 1 aromatic rings. The number of carbonyl (C=O) groups excluding carboxylic acids is 2. The van der Waals surface area contributed by atoms with Gasteiger partial charge in [-0.2, -0.15) is 0 Å². The van der Waals surface area contributed by atoms with Gasteiger partial charge in [-0.15, -0.1) is 0 Å². The molecule has 102 valence electrons. The summed E-state index contributed by atoms with van der Waals surface area (Å²) in [6, 6.07) is 2.25. The zero-order chi connectivity index (χ0) is 14.0. The van der Waals surface area contributed by atoms with Crippen molar-refractivity contribution in [3.63, 3.8) is 0 Å². The van der Waals surface area contributed by atoms with Gasteiger partial charge in [-0.05, 0) is 40.9 Å². The van der Waals surface area contributed by atoms with E-state index in [9.17, 15) is 14.0 Å². The predicted octanol–water partition coefficient (Wildman–Crippen LogP) is 3.11. The topological polar surface area (TPSA) is 55.4 Å². The van der Waals surface area contributed by atoms with E-state index in [2.05, 4.69) is 26.0 Å². The SMILES string of the molecule is COC(=O)c1cc(F)cc(Br)c1NC(=O)C1CCC1. The van der Waals surface area contributed by atoms with Crippen molar-refractivity contribution in [3.05, 3.63) is 28.0 Å². The summed E-state index contributed by atoms with van der Waals surface area (Å²) in [5.41, 5.74) is 0.257. The third kappa shape index (κ3) is 2.94. The maximum Gasteiger partial charge on any atom is 0.340 e. The lowest BCUT2D eigenvalue weighted by atomic mass is 9.85. The molecule has 0 bridgehead atoms. The van der Waals surface area contributed by atoms with Crippen LogP contribution in [0.4, 0.5) is 10.1 Å². The van der Waals surface area contributed by atoms with Crippen LogP contribution in [-0.2, 0) is 9.53 Å². The monoisotopic (exact) mass is 329 g/mol. The molecular formula is C13H13BrFNO3. The Morgan fingerprint density at radius 3 is 2.63 bits per heavy atom. The summed E-state index contributed by atoms with van der Waals surface area (Å²) < 4.78 is 18.2. The smallest absolute Gasteiger partial charge is 0.340 e. The first-order valence-electron chi connectivity index (χ1n) is 5.91. The van der Waals surface area contributed by atoms with Crippen molar-refractivity contribution in [2.24, 2.45) is 5.92 Å². The third-order valence-corrected chi connectivity index (χ3v) is 3.81. The summed E-state index contributed by atoms with van der Waals surface area (Å²) in [7, 11) is 1.21. The summed E-state index contributed by atoms with van der Waals surface area (Å²) in [6.07, 6.45) is 2.73. The standard InChI is InChI=1S/C13H13BrFNO3/c1-19-13(18)9-5-8(15)6-10(14)11(9)16-12(17)7-3-2-4-7/h5-7H,2-4H2,1H3,(H,16,17). The van der Waals surface area contributed by atoms with E-state index in [-0.39, 0.29) is 23.1 Å². The Hall–Kier alpha value is -1.43. The molecule has 0 aromatic heterocycles. The molecule has 1 fully saturated rings. The highest BCUT2D eigenvalue weighted by Crippen LogP contribution is 2.32. The fourth-order valence-corrected chi connectivity index (χ4v) is 2.40. The molecule has 0 unspecified atom stereocenters. The molecule has 0 atom stereocenters. The first-order chi connectivity index (χ1) is 9.02. The van der Waals surface area contributed by atoms with E-state index in [0.717, 1.165) is 25.3 Å². The van der Waals surface area contributed by atoms with E-state index < -0.39 is 11.8 Å². The van der Waals surface area contributed by atoms with Crippen LogP contribution in [0.1, 0.15) is 29.6 Å². The zero-order valence-electron chi connectivity index (χ0n) is 10.3. The molecule has 1 N–H and O–H groups in total. The van der Waals surface area contributed by atoms with Gasteiger partial charge in [0.05, 0.1) is 18.4 Å². The van der Waals surface area contributed by atoms with Gasteiger partial charge in [0.2, 0.25) is 5.91 Å². The number of amides is 1. The van der Waals surface area contributed by atoms with Crippen LogP contribution >= 0.6 is 15.9 Å². The van der Waals surface area contributed by atoms with E-state index in [0.29, 0.717) is 4.47 Å². The van der Waals surface area contributed by atoms with Crippen LogP contribution in [0.5, 0.6) is 0 Å². The maximum atomic E-state index is 13.3. The van der Waals surface area contributed by atoms with E-state index >= 15 is 0 Å². The molecule has 4 nitrogen and oxygen atoms in total. The molecule has 1 aliphatic carbocycles. The number of hydrogen-bond donors (Lipinski definition) is 1. The van der Waals surface area contributed by atoms with Gasteiger partial charge in [-0.1, -0.05) is 6.42 Å². The zero-order valence-corrected chi connectivity index (χ0v) is 11.9. The van der Waals surface area contributed by atoms with Crippen LogP contribution < -0.4 is 5.32 Å². The van der Waals surface area contributed by atoms with Gasteiger partial charge in [-0.3, -0.25) is 4.79 Å². The normalized spacial score (nSPS) is 14.7. The van der Waals surface area contributed by atoms with Crippen molar-refractivity contribution < 1.29 is 18.7 Å². The van der Waals surface area contributed by atoms with Crippen molar-refractivity contribution in [2.45, 2.75) is 19.3 Å². The number of esters is 1. The average molecular weight is 330 g/mol. The lowest BCUT2D eigenvalue weighted by Crippen LogP contribution is -2.29. The van der Waals surface area contributed by atoms with Gasteiger partial charge >= 0.3 is 5.97 Å². The highest BCUT2D eigenvalue weighted by atomic mass is 79.9. The van der Waals surface area contributed by atoms with Gasteiger partial charge in [0.1, 0.15) is 5.82 Å². The quantitative estimate of drug-likeness (QED) is 0.867. The second-order valence-corrected chi connectivity index (χ2v) is 5.27. The first kappa shape index (κ1) is 14.0. The van der Waals surface area contributed by atoms with Crippen molar-refractivity contribution in [1.82, 2.24) is 0 Å². The lowest BCUT2D eigenvalue weighted by molar-refractivity contribution is -0.122. The maximum absolute atomic E-state index is 13.3. The van der Waals surface area contributed by atoms with Crippen molar-refractivity contribution in [2.75, 3.05) is 12.4 Å². The van der Waals surface area contributed by atoms with Crippen molar-refractivity contribution >= 4 is 33.5 Å². The summed E-state index contributed by atoms with van der Waals surface area (Å²) in [6.45, 7) is 0. The van der Waals surface area contributed by atoms with Gasteiger partial charge in [0.25, 0.3) is 0 Å². The molecule has 1 aliphatic rings. The summed E-state index contributed by atoms with van der Waals surface area (Å²) in [5.74, 6) is -1.44. The number of methoxy groups -OCH3 is 1.